The third kappa shape index (κ3) is 1.58. The fraction of sp³-hybridized carbons (Fsp3) is 0.167. The van der Waals surface area contributed by atoms with Gasteiger partial charge in [-0.2, -0.15) is 5.26 Å². The summed E-state index contributed by atoms with van der Waals surface area (Å²) in [6, 6.07) is 7.25. The van der Waals surface area contributed by atoms with Crippen molar-refractivity contribution in [1.29, 1.82) is 5.26 Å². The molecule has 2 rings (SSSR count). The predicted octanol–water partition coefficient (Wildman–Crippen LogP) is 3.08. The molecule has 4 heteroatoms. The number of hydrogen-bond donors (Lipinski definition) is 0. The molecule has 0 bridgehead atoms. The number of fused-ring (bicyclic) bond motifs is 1. The number of methoxy groups -OCH3 is 1. The SMILES string of the molecule is COc1ccc(Cl)c2c(C)cc(C#N)nc12. The zero-order valence-electron chi connectivity index (χ0n) is 8.91. The summed E-state index contributed by atoms with van der Waals surface area (Å²) in [6.07, 6.45) is 0. The van der Waals surface area contributed by atoms with Crippen LogP contribution in [0.1, 0.15) is 11.3 Å². The van der Waals surface area contributed by atoms with Gasteiger partial charge in [0.15, 0.2) is 0 Å². The maximum atomic E-state index is 8.87. The van der Waals surface area contributed by atoms with E-state index in [0.29, 0.717) is 22.0 Å². The summed E-state index contributed by atoms with van der Waals surface area (Å²) in [5.74, 6) is 0.625. The topological polar surface area (TPSA) is 45.9 Å². The maximum Gasteiger partial charge on any atom is 0.145 e. The van der Waals surface area contributed by atoms with Gasteiger partial charge in [-0.25, -0.2) is 4.98 Å². The molecule has 0 atom stereocenters. The molecule has 0 radical (unpaired) electrons. The molecule has 0 aliphatic heterocycles. The fourth-order valence-electron chi connectivity index (χ4n) is 1.69. The molecule has 2 aromatic rings. The molecule has 1 aromatic carbocycles. The molecule has 0 saturated carbocycles. The molecule has 3 nitrogen and oxygen atoms in total. The third-order valence-corrected chi connectivity index (χ3v) is 2.72. The predicted molar refractivity (Wildman–Crippen MR) is 62.8 cm³/mol. The van der Waals surface area contributed by atoms with Crippen LogP contribution in [-0.2, 0) is 0 Å². The van der Waals surface area contributed by atoms with Crippen molar-refractivity contribution >= 4 is 22.5 Å². The van der Waals surface area contributed by atoms with E-state index < -0.39 is 0 Å². The van der Waals surface area contributed by atoms with Gasteiger partial charge in [-0.3, -0.25) is 0 Å². The van der Waals surface area contributed by atoms with Gasteiger partial charge in [0.25, 0.3) is 0 Å². The van der Waals surface area contributed by atoms with E-state index in [1.165, 1.54) is 0 Å². The minimum Gasteiger partial charge on any atom is -0.494 e. The second-order valence-electron chi connectivity index (χ2n) is 3.41. The van der Waals surface area contributed by atoms with Crippen molar-refractivity contribution in [1.82, 2.24) is 4.98 Å². The quantitative estimate of drug-likeness (QED) is 0.759. The zero-order chi connectivity index (χ0) is 11.7. The summed E-state index contributed by atoms with van der Waals surface area (Å²) in [5, 5.41) is 10.3. The van der Waals surface area contributed by atoms with Crippen LogP contribution in [-0.4, -0.2) is 12.1 Å². The van der Waals surface area contributed by atoms with Crippen molar-refractivity contribution in [2.24, 2.45) is 0 Å². The van der Waals surface area contributed by atoms with E-state index in [-0.39, 0.29) is 0 Å². The maximum absolute atomic E-state index is 8.87. The summed E-state index contributed by atoms with van der Waals surface area (Å²) in [6.45, 7) is 1.90. The molecule has 0 saturated heterocycles. The minimum absolute atomic E-state index is 0.366. The van der Waals surface area contributed by atoms with Crippen LogP contribution < -0.4 is 4.74 Å². The number of halogens is 1. The van der Waals surface area contributed by atoms with E-state index in [1.807, 2.05) is 13.0 Å². The summed E-state index contributed by atoms with van der Waals surface area (Å²) in [4.78, 5) is 4.22. The Morgan fingerprint density at radius 2 is 2.19 bits per heavy atom. The molecule has 1 aromatic heterocycles. The van der Waals surface area contributed by atoms with Crippen LogP contribution in [0.25, 0.3) is 10.9 Å². The monoisotopic (exact) mass is 232 g/mol. The molecular weight excluding hydrogens is 224 g/mol. The lowest BCUT2D eigenvalue weighted by Crippen LogP contribution is -1.93. The third-order valence-electron chi connectivity index (χ3n) is 2.40. The molecule has 0 aliphatic carbocycles. The highest BCUT2D eigenvalue weighted by molar-refractivity contribution is 6.35. The van der Waals surface area contributed by atoms with Gasteiger partial charge in [-0.05, 0) is 30.7 Å². The van der Waals surface area contributed by atoms with Crippen molar-refractivity contribution in [3.05, 3.63) is 34.5 Å². The van der Waals surface area contributed by atoms with Crippen LogP contribution in [0.5, 0.6) is 5.75 Å². The van der Waals surface area contributed by atoms with Crippen molar-refractivity contribution in [3.63, 3.8) is 0 Å². The molecule has 1 heterocycles. The van der Waals surface area contributed by atoms with Gasteiger partial charge in [0.2, 0.25) is 0 Å². The Morgan fingerprint density at radius 3 is 2.81 bits per heavy atom. The van der Waals surface area contributed by atoms with Crippen LogP contribution in [0.4, 0.5) is 0 Å². The standard InChI is InChI=1S/C12H9ClN2O/c1-7-5-8(6-14)15-12-10(16-2)4-3-9(13)11(7)12/h3-5H,1-2H3. The number of hydrogen-bond acceptors (Lipinski definition) is 3. The van der Waals surface area contributed by atoms with Crippen LogP contribution in [0.15, 0.2) is 18.2 Å². The van der Waals surface area contributed by atoms with Gasteiger partial charge >= 0.3 is 0 Å². The number of nitrogens with zero attached hydrogens (tertiary/aromatic N) is 2. The Kier molecular flexibility index (Phi) is 2.67. The van der Waals surface area contributed by atoms with E-state index >= 15 is 0 Å². The molecular formula is C12H9ClN2O. The zero-order valence-corrected chi connectivity index (χ0v) is 9.67. The first-order valence-corrected chi connectivity index (χ1v) is 5.09. The number of benzene rings is 1. The van der Waals surface area contributed by atoms with Crippen LogP contribution in [0.2, 0.25) is 5.02 Å². The first kappa shape index (κ1) is 10.7. The molecule has 0 fully saturated rings. The second kappa shape index (κ2) is 3.99. The molecule has 0 unspecified atom stereocenters. The Hall–Kier alpha value is -1.79. The average Bonchev–Trinajstić information content (AvgIpc) is 2.28. The number of aromatic nitrogens is 1. The van der Waals surface area contributed by atoms with E-state index in [9.17, 15) is 0 Å². The average molecular weight is 233 g/mol. The Bertz CT molecular complexity index is 602. The molecule has 0 N–H and O–H groups in total. The number of rotatable bonds is 1. The molecule has 80 valence electrons. The molecule has 0 amide bonds. The van der Waals surface area contributed by atoms with Gasteiger partial charge in [0.05, 0.1) is 12.1 Å². The van der Waals surface area contributed by atoms with Crippen LogP contribution in [0, 0.1) is 18.3 Å². The summed E-state index contributed by atoms with van der Waals surface area (Å²) < 4.78 is 5.21. The summed E-state index contributed by atoms with van der Waals surface area (Å²) >= 11 is 6.11. The fourth-order valence-corrected chi connectivity index (χ4v) is 1.99. The lowest BCUT2D eigenvalue weighted by Gasteiger charge is -2.08. The highest BCUT2D eigenvalue weighted by Gasteiger charge is 2.10. The molecule has 16 heavy (non-hydrogen) atoms. The molecule has 0 spiro atoms. The Balaban J connectivity index is 2.94. The van der Waals surface area contributed by atoms with Gasteiger partial charge < -0.3 is 4.74 Å². The number of ether oxygens (including phenoxy) is 1. The van der Waals surface area contributed by atoms with Gasteiger partial charge in [0, 0.05) is 5.39 Å². The van der Waals surface area contributed by atoms with Crippen LogP contribution >= 0.6 is 11.6 Å². The lowest BCUT2D eigenvalue weighted by atomic mass is 10.1. The highest BCUT2D eigenvalue weighted by Crippen LogP contribution is 2.32. The normalized spacial score (nSPS) is 10.1. The number of nitriles is 1. The van der Waals surface area contributed by atoms with E-state index in [2.05, 4.69) is 4.98 Å². The van der Waals surface area contributed by atoms with Crippen molar-refractivity contribution in [2.75, 3.05) is 7.11 Å². The van der Waals surface area contributed by atoms with Crippen molar-refractivity contribution < 1.29 is 4.74 Å². The highest BCUT2D eigenvalue weighted by atomic mass is 35.5. The second-order valence-corrected chi connectivity index (χ2v) is 3.82. The largest absolute Gasteiger partial charge is 0.494 e. The van der Waals surface area contributed by atoms with E-state index in [4.69, 9.17) is 21.6 Å². The minimum atomic E-state index is 0.366. The van der Waals surface area contributed by atoms with Gasteiger partial charge in [-0.1, -0.05) is 11.6 Å². The number of aryl methyl sites for hydroxylation is 1. The summed E-state index contributed by atoms with van der Waals surface area (Å²) in [7, 11) is 1.57. The summed E-state index contributed by atoms with van der Waals surface area (Å²) in [5.41, 5.74) is 1.92. The lowest BCUT2D eigenvalue weighted by molar-refractivity contribution is 0.419. The first-order valence-electron chi connectivity index (χ1n) is 4.71. The number of pyridine rings is 1. The van der Waals surface area contributed by atoms with E-state index in [1.54, 1.807) is 25.3 Å². The van der Waals surface area contributed by atoms with Crippen LogP contribution in [0.3, 0.4) is 0 Å². The van der Waals surface area contributed by atoms with Crippen molar-refractivity contribution in [3.8, 4) is 11.8 Å². The smallest absolute Gasteiger partial charge is 0.145 e. The Morgan fingerprint density at radius 1 is 1.44 bits per heavy atom. The van der Waals surface area contributed by atoms with Gasteiger partial charge in [-0.15, -0.1) is 0 Å². The van der Waals surface area contributed by atoms with Crippen molar-refractivity contribution in [2.45, 2.75) is 6.92 Å². The van der Waals surface area contributed by atoms with Gasteiger partial charge in [0.1, 0.15) is 23.0 Å². The first-order chi connectivity index (χ1) is 7.67. The molecule has 0 aliphatic rings. The Labute approximate surface area is 98.2 Å². The van der Waals surface area contributed by atoms with E-state index in [0.717, 1.165) is 10.9 Å².